The highest BCUT2D eigenvalue weighted by atomic mass is 35.5. The first-order valence-electron chi connectivity index (χ1n) is 8.70. The molecule has 0 saturated carbocycles. The van der Waals surface area contributed by atoms with Crippen LogP contribution < -0.4 is 9.64 Å². The Morgan fingerprint density at radius 3 is 2.96 bits per heavy atom. The number of hydrogen-bond acceptors (Lipinski definition) is 6. The number of anilines is 1. The summed E-state index contributed by atoms with van der Waals surface area (Å²) in [6, 6.07) is 7.95. The second-order valence-corrected chi connectivity index (χ2v) is 7.69. The molecular weight excluding hydrogens is 372 g/mol. The molecule has 1 atom stereocenters. The van der Waals surface area contributed by atoms with E-state index in [1.54, 1.807) is 14.0 Å². The summed E-state index contributed by atoms with van der Waals surface area (Å²) in [7, 11) is 1.66. The maximum Gasteiger partial charge on any atom is 0.240 e. The molecule has 6 nitrogen and oxygen atoms in total. The fraction of sp³-hybridized carbons (Fsp3) is 0.500. The first-order valence-corrected chi connectivity index (χ1v) is 9.91. The van der Waals surface area contributed by atoms with Gasteiger partial charge in [-0.15, -0.1) is 11.6 Å². The van der Waals surface area contributed by atoms with E-state index < -0.39 is 5.38 Å². The molecule has 26 heavy (non-hydrogen) atoms. The van der Waals surface area contributed by atoms with Gasteiger partial charge >= 0.3 is 0 Å². The standard InChI is InChI=1S/C18H23ClN4O2S/c1-13(19)17(24)22-7-4-8-23(10-9-22)18-20-16(21-26-18)12-14-5-3-6-15(11-14)25-2/h3,5-6,11,13H,4,7-10,12H2,1-2H3/t13-/m0/s1. The van der Waals surface area contributed by atoms with Gasteiger partial charge in [-0.2, -0.15) is 4.37 Å². The SMILES string of the molecule is COc1cccc(Cc2nsc(N3CCCN(C(=O)[C@H](C)Cl)CC3)n2)c1. The highest BCUT2D eigenvalue weighted by Crippen LogP contribution is 2.22. The highest BCUT2D eigenvalue weighted by molar-refractivity contribution is 7.09. The Morgan fingerprint density at radius 2 is 2.19 bits per heavy atom. The molecule has 0 bridgehead atoms. The smallest absolute Gasteiger partial charge is 0.240 e. The monoisotopic (exact) mass is 394 g/mol. The van der Waals surface area contributed by atoms with Crippen molar-refractivity contribution < 1.29 is 9.53 Å². The van der Waals surface area contributed by atoms with E-state index in [0.717, 1.165) is 48.3 Å². The minimum absolute atomic E-state index is 0.00416. The number of hydrogen-bond donors (Lipinski definition) is 0. The molecule has 1 aromatic carbocycles. The first-order chi connectivity index (χ1) is 12.6. The molecule has 1 aliphatic heterocycles. The van der Waals surface area contributed by atoms with Gasteiger partial charge in [0.1, 0.15) is 17.0 Å². The van der Waals surface area contributed by atoms with Gasteiger partial charge in [-0.1, -0.05) is 12.1 Å². The lowest BCUT2D eigenvalue weighted by molar-refractivity contribution is -0.130. The topological polar surface area (TPSA) is 58.6 Å². The maximum atomic E-state index is 12.1. The third-order valence-electron chi connectivity index (χ3n) is 4.37. The first kappa shape index (κ1) is 18.9. The van der Waals surface area contributed by atoms with Crippen LogP contribution in [0.15, 0.2) is 24.3 Å². The van der Waals surface area contributed by atoms with Crippen molar-refractivity contribution in [1.82, 2.24) is 14.3 Å². The third kappa shape index (κ3) is 4.65. The number of carbonyl (C=O) groups excluding carboxylic acids is 1. The van der Waals surface area contributed by atoms with Gasteiger partial charge < -0.3 is 14.5 Å². The van der Waals surface area contributed by atoms with Crippen molar-refractivity contribution in [3.05, 3.63) is 35.7 Å². The van der Waals surface area contributed by atoms with Gasteiger partial charge in [-0.3, -0.25) is 4.79 Å². The lowest BCUT2D eigenvalue weighted by Gasteiger charge is -2.22. The van der Waals surface area contributed by atoms with Crippen LogP contribution in [0.25, 0.3) is 0 Å². The van der Waals surface area contributed by atoms with Crippen LogP contribution >= 0.6 is 23.1 Å². The van der Waals surface area contributed by atoms with E-state index in [4.69, 9.17) is 21.3 Å². The van der Waals surface area contributed by atoms with Crippen LogP contribution in [0.3, 0.4) is 0 Å². The summed E-state index contributed by atoms with van der Waals surface area (Å²) in [5, 5.41) is 0.439. The van der Waals surface area contributed by atoms with Crippen molar-refractivity contribution in [2.45, 2.75) is 25.1 Å². The largest absolute Gasteiger partial charge is 0.497 e. The average molecular weight is 395 g/mol. The molecule has 1 amide bonds. The van der Waals surface area contributed by atoms with E-state index >= 15 is 0 Å². The zero-order valence-electron chi connectivity index (χ0n) is 15.0. The molecule has 1 aliphatic rings. The van der Waals surface area contributed by atoms with Crippen LogP contribution in [0.4, 0.5) is 5.13 Å². The number of ether oxygens (including phenoxy) is 1. The van der Waals surface area contributed by atoms with Crippen LogP contribution in [0.1, 0.15) is 24.7 Å². The molecular formula is C18H23ClN4O2S. The van der Waals surface area contributed by atoms with E-state index in [9.17, 15) is 4.79 Å². The third-order valence-corrected chi connectivity index (χ3v) is 5.37. The number of amides is 1. The van der Waals surface area contributed by atoms with Crippen molar-refractivity contribution in [3.8, 4) is 5.75 Å². The molecule has 1 saturated heterocycles. The molecule has 2 heterocycles. The van der Waals surface area contributed by atoms with Gasteiger partial charge in [-0.25, -0.2) is 4.98 Å². The van der Waals surface area contributed by atoms with Gasteiger partial charge in [0.25, 0.3) is 0 Å². The second-order valence-electron chi connectivity index (χ2n) is 6.30. The normalized spacial score (nSPS) is 16.3. The number of halogens is 1. The number of carbonyl (C=O) groups is 1. The van der Waals surface area contributed by atoms with E-state index in [-0.39, 0.29) is 5.91 Å². The van der Waals surface area contributed by atoms with Gasteiger partial charge in [-0.05, 0) is 31.0 Å². The summed E-state index contributed by atoms with van der Waals surface area (Å²) in [5.74, 6) is 1.65. The minimum Gasteiger partial charge on any atom is -0.497 e. The van der Waals surface area contributed by atoms with Crippen LogP contribution in [-0.2, 0) is 11.2 Å². The molecule has 0 aliphatic carbocycles. The lowest BCUT2D eigenvalue weighted by atomic mass is 10.1. The summed E-state index contributed by atoms with van der Waals surface area (Å²) >= 11 is 7.35. The predicted molar refractivity (Wildman–Crippen MR) is 104 cm³/mol. The van der Waals surface area contributed by atoms with E-state index in [1.807, 2.05) is 29.2 Å². The fourth-order valence-electron chi connectivity index (χ4n) is 2.99. The number of alkyl halides is 1. The van der Waals surface area contributed by atoms with Gasteiger partial charge in [0.05, 0.1) is 7.11 Å². The quantitative estimate of drug-likeness (QED) is 0.730. The molecule has 0 spiro atoms. The average Bonchev–Trinajstić information content (AvgIpc) is 2.96. The molecule has 0 unspecified atom stereocenters. The van der Waals surface area contributed by atoms with Gasteiger partial charge in [0.2, 0.25) is 11.0 Å². The molecule has 0 radical (unpaired) electrons. The van der Waals surface area contributed by atoms with Crippen molar-refractivity contribution in [1.29, 1.82) is 0 Å². The Hall–Kier alpha value is -1.86. The summed E-state index contributed by atoms with van der Waals surface area (Å²) < 4.78 is 9.77. The van der Waals surface area contributed by atoms with Gasteiger partial charge in [0.15, 0.2) is 0 Å². The summed E-state index contributed by atoms with van der Waals surface area (Å²) in [6.45, 7) is 4.75. The Kier molecular flexibility index (Phi) is 6.32. The zero-order chi connectivity index (χ0) is 18.5. The number of benzene rings is 1. The Balaban J connectivity index is 1.63. The number of nitrogens with zero attached hydrogens (tertiary/aromatic N) is 4. The second kappa shape index (κ2) is 8.68. The van der Waals surface area contributed by atoms with Crippen molar-refractivity contribution in [2.75, 3.05) is 38.2 Å². The molecule has 8 heteroatoms. The zero-order valence-corrected chi connectivity index (χ0v) is 16.6. The van der Waals surface area contributed by atoms with Crippen molar-refractivity contribution >= 4 is 34.2 Å². The molecule has 3 rings (SSSR count). The van der Waals surface area contributed by atoms with E-state index in [1.165, 1.54) is 11.5 Å². The van der Waals surface area contributed by atoms with Crippen LogP contribution in [-0.4, -0.2) is 58.8 Å². The Labute approximate surface area is 162 Å². The Bertz CT molecular complexity index is 752. The number of aromatic nitrogens is 2. The molecule has 1 aromatic heterocycles. The minimum atomic E-state index is -0.474. The predicted octanol–water partition coefficient (Wildman–Crippen LogP) is 2.80. The lowest BCUT2D eigenvalue weighted by Crippen LogP contribution is -2.38. The number of rotatable bonds is 5. The van der Waals surface area contributed by atoms with Crippen LogP contribution in [0.2, 0.25) is 0 Å². The van der Waals surface area contributed by atoms with Crippen molar-refractivity contribution in [2.24, 2.45) is 0 Å². The summed E-state index contributed by atoms with van der Waals surface area (Å²) in [6.07, 6.45) is 1.58. The van der Waals surface area contributed by atoms with E-state index in [0.29, 0.717) is 13.0 Å². The summed E-state index contributed by atoms with van der Waals surface area (Å²) in [5.41, 5.74) is 1.12. The molecule has 140 valence electrons. The summed E-state index contributed by atoms with van der Waals surface area (Å²) in [4.78, 5) is 20.8. The molecule has 1 fully saturated rings. The van der Waals surface area contributed by atoms with Crippen LogP contribution in [0.5, 0.6) is 5.75 Å². The molecule has 2 aromatic rings. The number of methoxy groups -OCH3 is 1. The maximum absolute atomic E-state index is 12.1. The fourth-order valence-corrected chi connectivity index (χ4v) is 3.87. The highest BCUT2D eigenvalue weighted by Gasteiger charge is 2.23. The van der Waals surface area contributed by atoms with Crippen molar-refractivity contribution in [3.63, 3.8) is 0 Å². The molecule has 0 N–H and O–H groups in total. The Morgan fingerprint density at radius 1 is 1.35 bits per heavy atom. The van der Waals surface area contributed by atoms with E-state index in [2.05, 4.69) is 9.27 Å². The van der Waals surface area contributed by atoms with Gasteiger partial charge in [0, 0.05) is 44.1 Å². The van der Waals surface area contributed by atoms with Crippen LogP contribution in [0, 0.1) is 0 Å².